The fourth-order valence-electron chi connectivity index (χ4n) is 1.10. The molecule has 18 heavy (non-hydrogen) atoms. The van der Waals surface area contributed by atoms with E-state index >= 15 is 0 Å². The summed E-state index contributed by atoms with van der Waals surface area (Å²) in [5, 5.41) is 0. The van der Waals surface area contributed by atoms with Gasteiger partial charge in [-0.05, 0) is 6.42 Å². The van der Waals surface area contributed by atoms with Gasteiger partial charge in [0.15, 0.2) is 0 Å². The highest BCUT2D eigenvalue weighted by molar-refractivity contribution is 4.85. The van der Waals surface area contributed by atoms with Crippen LogP contribution in [0.5, 0.6) is 0 Å². The third-order valence-corrected chi connectivity index (χ3v) is 1.91. The number of ether oxygens (including phenoxy) is 1. The summed E-state index contributed by atoms with van der Waals surface area (Å²) in [5.41, 5.74) is 0. The Labute approximate surface area is 95.9 Å². The van der Waals surface area contributed by atoms with Crippen LogP contribution in [0.1, 0.15) is 19.8 Å². The summed E-state index contributed by atoms with van der Waals surface area (Å²) in [5.74, 6) is -4.98. The van der Waals surface area contributed by atoms with Gasteiger partial charge in [-0.25, -0.2) is 13.2 Å². The van der Waals surface area contributed by atoms with Crippen LogP contribution in [0.4, 0.5) is 39.5 Å². The molecule has 0 N–H and O–H groups in total. The van der Waals surface area contributed by atoms with Crippen molar-refractivity contribution in [3.05, 3.63) is 0 Å². The van der Waals surface area contributed by atoms with Gasteiger partial charge in [0.1, 0.15) is 0 Å². The Morgan fingerprint density at radius 3 is 1.67 bits per heavy atom. The minimum absolute atomic E-state index is 0.639. The second kappa shape index (κ2) is 5.54. The van der Waals surface area contributed by atoms with Crippen molar-refractivity contribution >= 4 is 0 Å². The van der Waals surface area contributed by atoms with Crippen LogP contribution < -0.4 is 0 Å². The van der Waals surface area contributed by atoms with E-state index in [0.717, 1.165) is 6.92 Å². The van der Waals surface area contributed by atoms with E-state index in [0.29, 0.717) is 0 Å². The summed E-state index contributed by atoms with van der Waals surface area (Å²) in [6.45, 7) is 0.993. The van der Waals surface area contributed by atoms with Crippen molar-refractivity contribution in [2.24, 2.45) is 0 Å². The van der Waals surface area contributed by atoms with Gasteiger partial charge in [0.05, 0.1) is 6.10 Å². The Balaban J connectivity index is 4.73. The average Bonchev–Trinajstić information content (AvgIpc) is 2.11. The van der Waals surface area contributed by atoms with Gasteiger partial charge < -0.3 is 0 Å². The fourth-order valence-corrected chi connectivity index (χ4v) is 1.10. The van der Waals surface area contributed by atoms with Gasteiger partial charge >= 0.3 is 12.5 Å². The molecule has 2 atom stereocenters. The van der Waals surface area contributed by atoms with E-state index in [4.69, 9.17) is 0 Å². The van der Waals surface area contributed by atoms with Gasteiger partial charge in [0.2, 0.25) is 0 Å². The summed E-state index contributed by atoms with van der Waals surface area (Å²) in [4.78, 5) is 0. The molecule has 0 aromatic carbocycles. The summed E-state index contributed by atoms with van der Waals surface area (Å²) in [7, 11) is 0. The van der Waals surface area contributed by atoms with Crippen molar-refractivity contribution in [1.82, 2.24) is 0 Å². The highest BCUT2D eigenvalue weighted by atomic mass is 19.4. The van der Waals surface area contributed by atoms with Crippen LogP contribution in [0.15, 0.2) is 0 Å². The molecule has 0 fully saturated rings. The van der Waals surface area contributed by atoms with Crippen molar-refractivity contribution in [1.29, 1.82) is 0 Å². The SMILES string of the molecule is CCC(CC(F)(F)C(F)C(F)(F)F)OC(F)(F)F. The van der Waals surface area contributed by atoms with Gasteiger partial charge in [-0.1, -0.05) is 6.92 Å². The Kier molecular flexibility index (Phi) is 5.33. The van der Waals surface area contributed by atoms with Gasteiger partial charge in [-0.15, -0.1) is 13.2 Å². The zero-order chi connectivity index (χ0) is 14.8. The molecule has 0 heterocycles. The fraction of sp³-hybridized carbons (Fsp3) is 1.00. The molecule has 0 rings (SSSR count). The van der Waals surface area contributed by atoms with E-state index in [1.54, 1.807) is 0 Å². The van der Waals surface area contributed by atoms with Crippen molar-refractivity contribution in [3.8, 4) is 0 Å². The van der Waals surface area contributed by atoms with E-state index in [1.807, 2.05) is 0 Å². The van der Waals surface area contributed by atoms with E-state index in [9.17, 15) is 39.5 Å². The lowest BCUT2D eigenvalue weighted by Gasteiger charge is -2.26. The van der Waals surface area contributed by atoms with E-state index in [2.05, 4.69) is 4.74 Å². The van der Waals surface area contributed by atoms with Crippen LogP contribution >= 0.6 is 0 Å². The Morgan fingerprint density at radius 1 is 0.944 bits per heavy atom. The quantitative estimate of drug-likeness (QED) is 0.689. The first-order chi connectivity index (χ1) is 7.79. The molecule has 0 bridgehead atoms. The minimum Gasteiger partial charge on any atom is -0.288 e. The molecule has 0 saturated carbocycles. The molecule has 0 aliphatic carbocycles. The normalized spacial score (nSPS) is 17.7. The Morgan fingerprint density at radius 2 is 1.39 bits per heavy atom. The first-order valence-corrected chi connectivity index (χ1v) is 4.62. The monoisotopic (exact) mass is 292 g/mol. The van der Waals surface area contributed by atoms with Crippen LogP contribution in [0.3, 0.4) is 0 Å². The lowest BCUT2D eigenvalue weighted by Crippen LogP contribution is -2.44. The Bertz CT molecular complexity index is 256. The Hall–Kier alpha value is -0.670. The predicted molar refractivity (Wildman–Crippen MR) is 41.7 cm³/mol. The van der Waals surface area contributed by atoms with Crippen LogP contribution in [0.25, 0.3) is 0 Å². The van der Waals surface area contributed by atoms with E-state index in [-0.39, 0.29) is 0 Å². The molecular weight excluding hydrogens is 283 g/mol. The van der Waals surface area contributed by atoms with Gasteiger partial charge in [0, 0.05) is 6.42 Å². The van der Waals surface area contributed by atoms with Crippen LogP contribution in [0.2, 0.25) is 0 Å². The molecule has 0 amide bonds. The summed E-state index contributed by atoms with van der Waals surface area (Å²) in [6.07, 6.45) is -20.6. The maximum absolute atomic E-state index is 12.8. The molecule has 0 aromatic heterocycles. The number of rotatable bonds is 5. The van der Waals surface area contributed by atoms with Gasteiger partial charge in [-0.2, -0.15) is 13.2 Å². The highest BCUT2D eigenvalue weighted by Crippen LogP contribution is 2.39. The first-order valence-electron chi connectivity index (χ1n) is 4.62. The number of halogens is 9. The standard InChI is InChI=1S/C8H9F9O/c1-2-4(18-8(15,16)17)3-6(10,11)5(9)7(12,13)14/h4-5H,2-3H2,1H3. The van der Waals surface area contributed by atoms with E-state index < -0.39 is 43.6 Å². The van der Waals surface area contributed by atoms with Crippen molar-refractivity contribution < 1.29 is 44.3 Å². The van der Waals surface area contributed by atoms with Crippen molar-refractivity contribution in [2.75, 3.05) is 0 Å². The third-order valence-electron chi connectivity index (χ3n) is 1.91. The van der Waals surface area contributed by atoms with Crippen molar-refractivity contribution in [3.63, 3.8) is 0 Å². The smallest absolute Gasteiger partial charge is 0.288 e. The largest absolute Gasteiger partial charge is 0.522 e. The van der Waals surface area contributed by atoms with Gasteiger partial charge in [-0.3, -0.25) is 4.74 Å². The number of hydrogen-bond acceptors (Lipinski definition) is 1. The molecule has 1 nitrogen and oxygen atoms in total. The lowest BCUT2D eigenvalue weighted by atomic mass is 10.0. The lowest BCUT2D eigenvalue weighted by molar-refractivity contribution is -0.350. The summed E-state index contributed by atoms with van der Waals surface area (Å²) in [6, 6.07) is 0. The maximum atomic E-state index is 12.8. The molecule has 0 spiro atoms. The zero-order valence-electron chi connectivity index (χ0n) is 8.88. The molecule has 0 radical (unpaired) electrons. The molecule has 2 unspecified atom stereocenters. The number of hydrogen-bond donors (Lipinski definition) is 0. The van der Waals surface area contributed by atoms with Crippen molar-refractivity contribution in [2.45, 2.75) is 50.5 Å². The van der Waals surface area contributed by atoms with E-state index in [1.165, 1.54) is 0 Å². The summed E-state index contributed by atoms with van der Waals surface area (Å²) >= 11 is 0. The molecule has 110 valence electrons. The summed E-state index contributed by atoms with van der Waals surface area (Å²) < 4.78 is 111. The van der Waals surface area contributed by atoms with Crippen LogP contribution in [0, 0.1) is 0 Å². The molecule has 0 aliphatic heterocycles. The first kappa shape index (κ1) is 17.3. The van der Waals surface area contributed by atoms with Gasteiger partial charge in [0.25, 0.3) is 12.1 Å². The average molecular weight is 292 g/mol. The molecule has 0 aliphatic rings. The minimum atomic E-state index is -5.85. The zero-order valence-corrected chi connectivity index (χ0v) is 8.88. The molecular formula is C8H9F9O. The second-order valence-corrected chi connectivity index (χ2v) is 3.46. The highest BCUT2D eigenvalue weighted by Gasteiger charge is 2.57. The molecule has 10 heteroatoms. The molecule has 0 saturated heterocycles. The second-order valence-electron chi connectivity index (χ2n) is 3.46. The maximum Gasteiger partial charge on any atom is 0.522 e. The predicted octanol–water partition coefficient (Wildman–Crippen LogP) is 4.23. The number of alkyl halides is 9. The van der Waals surface area contributed by atoms with Crippen LogP contribution in [-0.4, -0.2) is 30.7 Å². The molecule has 0 aromatic rings. The third kappa shape index (κ3) is 5.78. The topological polar surface area (TPSA) is 9.23 Å². The van der Waals surface area contributed by atoms with Crippen LogP contribution in [-0.2, 0) is 4.74 Å².